The minimum absolute atomic E-state index is 0. The summed E-state index contributed by atoms with van der Waals surface area (Å²) in [4.78, 5) is 0. The summed E-state index contributed by atoms with van der Waals surface area (Å²) in [5.74, 6) is 0. The number of hydrogen-bond acceptors (Lipinski definition) is 2. The van der Waals surface area contributed by atoms with Crippen molar-refractivity contribution in [1.29, 1.82) is 0 Å². The largest absolute Gasteiger partial charge is 2.00 e. The van der Waals surface area contributed by atoms with Crippen molar-refractivity contribution >= 4 is 56.5 Å². The van der Waals surface area contributed by atoms with Crippen LogP contribution in [0.5, 0.6) is 0 Å². The van der Waals surface area contributed by atoms with Crippen molar-refractivity contribution in [2.75, 3.05) is 0 Å². The van der Waals surface area contributed by atoms with Crippen molar-refractivity contribution in [3.8, 4) is 0 Å². The van der Waals surface area contributed by atoms with E-state index in [2.05, 4.69) is 0 Å². The Balaban J connectivity index is -0.00000000286. The Morgan fingerprint density at radius 1 is 1.12 bits per heavy atom. The third kappa shape index (κ3) is 63.3. The topological polar surface area (TPSA) is 74.6 Å². The van der Waals surface area contributed by atoms with Gasteiger partial charge in [0.05, 0.1) is 0 Å². The zero-order valence-electron chi connectivity index (χ0n) is 9.53. The molecule has 8 heteroatoms. The van der Waals surface area contributed by atoms with Crippen molar-refractivity contribution < 1.29 is 76.0 Å². The molecular formula is H7KMg2O4S. The third-order valence-corrected chi connectivity index (χ3v) is 0. The molecular weight excluding hydrogens is 184 g/mol. The van der Waals surface area contributed by atoms with E-state index in [9.17, 15) is 0 Å². The molecule has 0 aliphatic rings. The summed E-state index contributed by atoms with van der Waals surface area (Å²) in [5.41, 5.74) is 0. The average molecular weight is 191 g/mol. The van der Waals surface area contributed by atoms with E-state index in [4.69, 9.17) is 17.5 Å². The molecule has 0 heterocycles. The van der Waals surface area contributed by atoms with E-state index in [0.29, 0.717) is 0 Å². The summed E-state index contributed by atoms with van der Waals surface area (Å²) in [6, 6.07) is 0. The molecule has 0 atom stereocenters. The first-order valence-corrected chi connectivity index (χ1v) is 2.10. The molecule has 0 saturated carbocycles. The molecule has 0 bridgehead atoms. The van der Waals surface area contributed by atoms with Gasteiger partial charge in [0.2, 0.25) is 0 Å². The van der Waals surface area contributed by atoms with Crippen LogP contribution in [0.4, 0.5) is 0 Å². The van der Waals surface area contributed by atoms with Crippen molar-refractivity contribution in [3.05, 3.63) is 0 Å². The van der Waals surface area contributed by atoms with Crippen LogP contribution in [-0.4, -0.2) is 63.6 Å². The first kappa shape index (κ1) is 22.5. The van der Waals surface area contributed by atoms with Gasteiger partial charge in [0.25, 0.3) is 0 Å². The maximum absolute atomic E-state index is 8.74. The molecule has 0 rings (SSSR count). The second-order valence-electron chi connectivity index (χ2n) is 0.448. The van der Waals surface area contributed by atoms with Crippen LogP contribution >= 0.6 is 0 Å². The summed E-state index contributed by atoms with van der Waals surface area (Å²) in [6.07, 6.45) is 0. The van der Waals surface area contributed by atoms with Crippen LogP contribution in [0.2, 0.25) is 0 Å². The first-order chi connectivity index (χ1) is 2.00. The molecule has 0 amide bonds. The summed E-state index contributed by atoms with van der Waals surface area (Å²) >= 11 is 0. The van der Waals surface area contributed by atoms with E-state index in [-0.39, 0.29) is 105 Å². The van der Waals surface area contributed by atoms with Crippen molar-refractivity contribution in [1.82, 2.24) is 0 Å². The van der Waals surface area contributed by atoms with Crippen LogP contribution in [0.1, 0.15) is 7.13 Å². The van der Waals surface area contributed by atoms with Gasteiger partial charge in [-0.1, -0.05) is 0 Å². The zero-order chi connectivity index (χ0) is 4.50. The Kier molecular flexibility index (Phi) is 28.2. The fourth-order valence-electron chi connectivity index (χ4n) is 0. The molecule has 4 nitrogen and oxygen atoms in total. The molecule has 0 aromatic rings. The molecule has 0 fully saturated rings. The van der Waals surface area contributed by atoms with E-state index in [1.165, 1.54) is 0 Å². The maximum Gasteiger partial charge on any atom is 2.00 e. The van der Waals surface area contributed by atoms with E-state index in [1.54, 1.807) is 0 Å². The zero-order valence-corrected chi connectivity index (χ0v) is 11.3. The number of rotatable bonds is 0. The quantitative estimate of drug-likeness (QED) is 0.303. The minimum atomic E-state index is -4.67. The molecule has 0 aliphatic carbocycles. The molecule has 0 unspecified atom stereocenters. The standard InChI is InChI=1S/K.2Mg.H2O4S.5H/c;;;1-5(2,3)4;;;;;/h;;;(H2,1,2,3,4);;;;;/q+1;2*+2;;5*-1. The predicted molar refractivity (Wildman–Crippen MR) is 31.2 cm³/mol. The third-order valence-electron chi connectivity index (χ3n) is 0. The molecule has 0 aliphatic heterocycles. The van der Waals surface area contributed by atoms with Gasteiger partial charge in [-0.05, 0) is 0 Å². The van der Waals surface area contributed by atoms with Crippen LogP contribution in [-0.2, 0) is 10.4 Å². The van der Waals surface area contributed by atoms with Crippen LogP contribution in [0.25, 0.3) is 0 Å². The molecule has 0 saturated heterocycles. The predicted octanol–water partition coefficient (Wildman–Crippen LogP) is -3.85. The van der Waals surface area contributed by atoms with Gasteiger partial charge in [0.1, 0.15) is 0 Å². The second-order valence-corrected chi connectivity index (χ2v) is 1.34. The monoisotopic (exact) mass is 190 g/mol. The van der Waals surface area contributed by atoms with Gasteiger partial charge in [-0.25, -0.2) is 0 Å². The molecule has 0 aromatic heterocycles. The van der Waals surface area contributed by atoms with Gasteiger partial charge in [0.15, 0.2) is 0 Å². The van der Waals surface area contributed by atoms with E-state index in [0.717, 1.165) is 0 Å². The fraction of sp³-hybridized carbons (Fsp3) is 0. The summed E-state index contributed by atoms with van der Waals surface area (Å²) in [5, 5.41) is 0. The van der Waals surface area contributed by atoms with Gasteiger partial charge in [-0.2, -0.15) is 8.42 Å². The number of hydrogen-bond donors (Lipinski definition) is 2. The minimum Gasteiger partial charge on any atom is -1.00 e. The van der Waals surface area contributed by atoms with Gasteiger partial charge in [-0.15, -0.1) is 0 Å². The van der Waals surface area contributed by atoms with E-state index < -0.39 is 10.4 Å². The smallest absolute Gasteiger partial charge is 1.00 e. The van der Waals surface area contributed by atoms with Crippen molar-refractivity contribution in [2.24, 2.45) is 0 Å². The van der Waals surface area contributed by atoms with Crippen molar-refractivity contribution in [2.45, 2.75) is 0 Å². The van der Waals surface area contributed by atoms with Crippen LogP contribution < -0.4 is 51.4 Å². The first-order valence-electron chi connectivity index (χ1n) is 0.698. The maximum atomic E-state index is 8.74. The van der Waals surface area contributed by atoms with Crippen LogP contribution in [0.3, 0.4) is 0 Å². The molecule has 0 spiro atoms. The molecule has 42 valence electrons. The molecule has 2 N–H and O–H groups in total. The van der Waals surface area contributed by atoms with Gasteiger partial charge >= 0.3 is 108 Å². The van der Waals surface area contributed by atoms with Gasteiger partial charge in [0, 0.05) is 0 Å². The van der Waals surface area contributed by atoms with E-state index >= 15 is 0 Å². The molecule has 0 radical (unpaired) electrons. The van der Waals surface area contributed by atoms with Crippen LogP contribution in [0.15, 0.2) is 0 Å². The Morgan fingerprint density at radius 2 is 1.12 bits per heavy atom. The average Bonchev–Trinajstić information content (AvgIpc) is 0.722. The Bertz CT molecular complexity index is 110. The Labute approximate surface area is 130 Å². The van der Waals surface area contributed by atoms with Crippen LogP contribution in [0, 0.1) is 0 Å². The molecule has 0 aromatic carbocycles. The Morgan fingerprint density at radius 3 is 1.12 bits per heavy atom. The summed E-state index contributed by atoms with van der Waals surface area (Å²) in [7, 11) is -4.67. The van der Waals surface area contributed by atoms with Gasteiger partial charge < -0.3 is 7.13 Å². The fourth-order valence-corrected chi connectivity index (χ4v) is 0. The SMILES string of the molecule is O=S(=O)(O)O.[H-].[H-].[H-].[H-].[H-].[K+].[Mg+2].[Mg+2]. The second kappa shape index (κ2) is 10.0. The summed E-state index contributed by atoms with van der Waals surface area (Å²) < 4.78 is 31.6. The van der Waals surface area contributed by atoms with Gasteiger partial charge in [-0.3, -0.25) is 9.11 Å². The van der Waals surface area contributed by atoms with E-state index in [1.807, 2.05) is 0 Å². The molecule has 8 heavy (non-hydrogen) atoms. The Hall–Kier alpha value is 3.04. The van der Waals surface area contributed by atoms with Crippen molar-refractivity contribution in [3.63, 3.8) is 0 Å². The summed E-state index contributed by atoms with van der Waals surface area (Å²) in [6.45, 7) is 0. The normalized spacial score (nSPS) is 7.25.